The molecule has 1 unspecified atom stereocenters. The van der Waals surface area contributed by atoms with Crippen molar-refractivity contribution < 1.29 is 9.53 Å². The number of carbonyl (C=O) groups is 1. The smallest absolute Gasteiger partial charge is 0.225 e. The molecule has 1 N–H and O–H groups in total. The zero-order valence-corrected chi connectivity index (χ0v) is 16.3. The lowest BCUT2D eigenvalue weighted by Gasteiger charge is -2.33. The van der Waals surface area contributed by atoms with Gasteiger partial charge >= 0.3 is 0 Å². The van der Waals surface area contributed by atoms with Crippen LogP contribution in [0.2, 0.25) is 5.02 Å². The van der Waals surface area contributed by atoms with Crippen LogP contribution in [0.5, 0.6) is 5.75 Å². The van der Waals surface area contributed by atoms with Crippen molar-refractivity contribution in [3.63, 3.8) is 0 Å². The van der Waals surface area contributed by atoms with Crippen molar-refractivity contribution in [2.75, 3.05) is 24.6 Å². The van der Waals surface area contributed by atoms with Crippen molar-refractivity contribution in [3.05, 3.63) is 47.2 Å². The summed E-state index contributed by atoms with van der Waals surface area (Å²) in [6, 6.07) is 7.52. The summed E-state index contributed by atoms with van der Waals surface area (Å²) in [5.74, 6) is 1.57. The van der Waals surface area contributed by atoms with E-state index in [9.17, 15) is 4.79 Å². The molecule has 27 heavy (non-hydrogen) atoms. The van der Waals surface area contributed by atoms with E-state index < -0.39 is 0 Å². The number of benzene rings is 1. The Labute approximate surface area is 164 Å². The fourth-order valence-corrected chi connectivity index (χ4v) is 3.28. The molecule has 0 saturated carbocycles. The summed E-state index contributed by atoms with van der Waals surface area (Å²) in [6.07, 6.45) is 6.61. The average Bonchev–Trinajstić information content (AvgIpc) is 2.69. The second kappa shape index (κ2) is 9.55. The lowest BCUT2D eigenvalue weighted by molar-refractivity contribution is -0.122. The zero-order chi connectivity index (χ0) is 19.1. The number of rotatable bonds is 7. The first-order chi connectivity index (χ1) is 13.1. The van der Waals surface area contributed by atoms with E-state index in [-0.39, 0.29) is 11.9 Å². The minimum absolute atomic E-state index is 0.0618. The zero-order valence-electron chi connectivity index (χ0n) is 15.5. The SMILES string of the molecule is Cc1cc(OCCCC(=O)NC2CCCN(c3ncccn3)C2)ccc1Cl. The molecule has 7 heteroatoms. The van der Waals surface area contributed by atoms with Gasteiger partial charge in [0.15, 0.2) is 0 Å². The van der Waals surface area contributed by atoms with Crippen LogP contribution in [0.1, 0.15) is 31.2 Å². The molecule has 1 aromatic heterocycles. The van der Waals surface area contributed by atoms with Crippen LogP contribution in [0.4, 0.5) is 5.95 Å². The second-order valence-corrected chi connectivity index (χ2v) is 7.17. The summed E-state index contributed by atoms with van der Waals surface area (Å²) in [5.41, 5.74) is 0.983. The normalized spacial score (nSPS) is 16.8. The minimum Gasteiger partial charge on any atom is -0.494 e. The lowest BCUT2D eigenvalue weighted by Crippen LogP contribution is -2.48. The summed E-state index contributed by atoms with van der Waals surface area (Å²) in [7, 11) is 0. The maximum absolute atomic E-state index is 12.2. The molecule has 1 aromatic carbocycles. The van der Waals surface area contributed by atoms with Crippen molar-refractivity contribution >= 4 is 23.5 Å². The first kappa shape index (κ1) is 19.4. The molecule has 1 amide bonds. The van der Waals surface area contributed by atoms with Gasteiger partial charge in [-0.25, -0.2) is 9.97 Å². The standard InChI is InChI=1S/C20H25ClN4O2/c1-15-13-17(7-8-18(15)21)27-12-3-6-19(26)24-16-5-2-11-25(14-16)20-22-9-4-10-23-20/h4,7-10,13,16H,2-3,5-6,11-12,14H2,1H3,(H,24,26). The highest BCUT2D eigenvalue weighted by Gasteiger charge is 2.22. The number of nitrogens with zero attached hydrogens (tertiary/aromatic N) is 3. The number of amides is 1. The van der Waals surface area contributed by atoms with Gasteiger partial charge in [0.1, 0.15) is 5.75 Å². The van der Waals surface area contributed by atoms with E-state index in [0.717, 1.165) is 48.2 Å². The molecule has 0 aliphatic carbocycles. The van der Waals surface area contributed by atoms with Crippen molar-refractivity contribution in [1.82, 2.24) is 15.3 Å². The summed E-state index contributed by atoms with van der Waals surface area (Å²) < 4.78 is 5.69. The van der Waals surface area contributed by atoms with Crippen molar-refractivity contribution in [1.29, 1.82) is 0 Å². The van der Waals surface area contributed by atoms with Gasteiger partial charge in [-0.1, -0.05) is 11.6 Å². The van der Waals surface area contributed by atoms with Crippen LogP contribution < -0.4 is 15.0 Å². The van der Waals surface area contributed by atoms with E-state index in [1.807, 2.05) is 25.1 Å². The maximum Gasteiger partial charge on any atom is 0.225 e. The van der Waals surface area contributed by atoms with Crippen molar-refractivity contribution in [2.45, 2.75) is 38.6 Å². The van der Waals surface area contributed by atoms with E-state index in [0.29, 0.717) is 19.4 Å². The Hall–Kier alpha value is -2.34. The van der Waals surface area contributed by atoms with Crippen LogP contribution in [0, 0.1) is 6.92 Å². The minimum atomic E-state index is 0.0618. The molecular weight excluding hydrogens is 364 g/mol. The highest BCUT2D eigenvalue weighted by molar-refractivity contribution is 6.31. The lowest BCUT2D eigenvalue weighted by atomic mass is 10.1. The van der Waals surface area contributed by atoms with Crippen LogP contribution in [0.15, 0.2) is 36.7 Å². The number of piperidine rings is 1. The Morgan fingerprint density at radius 3 is 2.96 bits per heavy atom. The largest absolute Gasteiger partial charge is 0.494 e. The number of carbonyl (C=O) groups excluding carboxylic acids is 1. The van der Waals surface area contributed by atoms with Gasteiger partial charge in [0.2, 0.25) is 11.9 Å². The molecule has 0 radical (unpaired) electrons. The van der Waals surface area contributed by atoms with E-state index in [1.54, 1.807) is 18.5 Å². The quantitative estimate of drug-likeness (QED) is 0.736. The Kier molecular flexibility index (Phi) is 6.87. The number of hydrogen-bond acceptors (Lipinski definition) is 5. The molecule has 1 atom stereocenters. The van der Waals surface area contributed by atoms with E-state index in [2.05, 4.69) is 20.2 Å². The molecule has 1 aliphatic heterocycles. The summed E-state index contributed by atoms with van der Waals surface area (Å²) in [4.78, 5) is 22.9. The molecular formula is C20H25ClN4O2. The molecule has 3 rings (SSSR count). The first-order valence-electron chi connectivity index (χ1n) is 9.32. The highest BCUT2D eigenvalue weighted by atomic mass is 35.5. The first-order valence-corrected chi connectivity index (χ1v) is 9.70. The van der Waals surface area contributed by atoms with Gasteiger partial charge in [0, 0.05) is 43.0 Å². The topological polar surface area (TPSA) is 67.3 Å². The van der Waals surface area contributed by atoms with Gasteiger partial charge in [0.25, 0.3) is 0 Å². The van der Waals surface area contributed by atoms with Crippen molar-refractivity contribution in [3.8, 4) is 5.75 Å². The number of nitrogens with one attached hydrogen (secondary N) is 1. The van der Waals surface area contributed by atoms with Crippen LogP contribution >= 0.6 is 11.6 Å². The van der Waals surface area contributed by atoms with Gasteiger partial charge in [-0.2, -0.15) is 0 Å². The summed E-state index contributed by atoms with van der Waals surface area (Å²) in [5, 5.41) is 3.85. The molecule has 2 heterocycles. The number of aromatic nitrogens is 2. The predicted octanol–water partition coefficient (Wildman–Crippen LogP) is 3.38. The Balaban J connectivity index is 1.38. The Morgan fingerprint density at radius 2 is 2.19 bits per heavy atom. The van der Waals surface area contributed by atoms with Crippen LogP contribution in [0.3, 0.4) is 0 Å². The van der Waals surface area contributed by atoms with Crippen LogP contribution in [-0.2, 0) is 4.79 Å². The fraction of sp³-hybridized carbons (Fsp3) is 0.450. The number of hydrogen-bond donors (Lipinski definition) is 1. The third-order valence-corrected chi connectivity index (χ3v) is 4.99. The van der Waals surface area contributed by atoms with E-state index in [1.165, 1.54) is 0 Å². The fourth-order valence-electron chi connectivity index (χ4n) is 3.16. The van der Waals surface area contributed by atoms with Gasteiger partial charge in [-0.05, 0) is 56.0 Å². The molecule has 1 saturated heterocycles. The van der Waals surface area contributed by atoms with Gasteiger partial charge in [-0.3, -0.25) is 4.79 Å². The van der Waals surface area contributed by atoms with Gasteiger partial charge < -0.3 is 15.0 Å². The van der Waals surface area contributed by atoms with E-state index >= 15 is 0 Å². The Bertz CT molecular complexity index is 757. The number of halogens is 1. The van der Waals surface area contributed by atoms with Crippen LogP contribution in [0.25, 0.3) is 0 Å². The monoisotopic (exact) mass is 388 g/mol. The number of ether oxygens (including phenoxy) is 1. The average molecular weight is 389 g/mol. The summed E-state index contributed by atoms with van der Waals surface area (Å²) >= 11 is 6.01. The summed E-state index contributed by atoms with van der Waals surface area (Å²) in [6.45, 7) is 4.11. The third kappa shape index (κ3) is 5.82. The molecule has 2 aromatic rings. The molecule has 1 aliphatic rings. The van der Waals surface area contributed by atoms with Gasteiger partial charge in [0.05, 0.1) is 6.61 Å². The van der Waals surface area contributed by atoms with Crippen LogP contribution in [-0.4, -0.2) is 41.6 Å². The van der Waals surface area contributed by atoms with Gasteiger partial charge in [-0.15, -0.1) is 0 Å². The second-order valence-electron chi connectivity index (χ2n) is 6.76. The Morgan fingerprint density at radius 1 is 1.37 bits per heavy atom. The molecule has 6 nitrogen and oxygen atoms in total. The number of anilines is 1. The predicted molar refractivity (Wildman–Crippen MR) is 106 cm³/mol. The molecule has 144 valence electrons. The number of aryl methyl sites for hydroxylation is 1. The maximum atomic E-state index is 12.2. The molecule has 1 fully saturated rings. The molecule has 0 spiro atoms. The molecule has 0 bridgehead atoms. The third-order valence-electron chi connectivity index (χ3n) is 4.57. The van der Waals surface area contributed by atoms with E-state index in [4.69, 9.17) is 16.3 Å². The van der Waals surface area contributed by atoms with Crippen molar-refractivity contribution in [2.24, 2.45) is 0 Å². The highest BCUT2D eigenvalue weighted by Crippen LogP contribution is 2.21.